The van der Waals surface area contributed by atoms with Crippen molar-refractivity contribution in [3.8, 4) is 0 Å². The molecule has 0 atom stereocenters. The number of urea groups is 1. The molecular weight excluding hydrogens is 442 g/mol. The number of anilines is 3. The first-order valence-electron chi connectivity index (χ1n) is 9.91. The Kier molecular flexibility index (Phi) is 6.18. The van der Waals surface area contributed by atoms with Gasteiger partial charge in [0.05, 0.1) is 6.54 Å². The van der Waals surface area contributed by atoms with Crippen LogP contribution in [0.15, 0.2) is 77.5 Å². The number of carbonyl (C=O) groups excluding carboxylic acids is 1. The van der Waals surface area contributed by atoms with Crippen molar-refractivity contribution in [2.75, 3.05) is 40.9 Å². The third-order valence-electron chi connectivity index (χ3n) is 5.35. The lowest BCUT2D eigenvalue weighted by Crippen LogP contribution is -2.46. The predicted molar refractivity (Wildman–Crippen MR) is 125 cm³/mol. The maximum atomic E-state index is 12.0. The smallest absolute Gasteiger partial charge is 0.319 e. The van der Waals surface area contributed by atoms with Crippen LogP contribution >= 0.6 is 15.9 Å². The molecule has 154 valence electrons. The van der Waals surface area contributed by atoms with E-state index in [1.807, 2.05) is 36.7 Å². The molecule has 3 aromatic rings. The molecule has 0 saturated carbocycles. The van der Waals surface area contributed by atoms with Crippen LogP contribution in [0.25, 0.3) is 0 Å². The fourth-order valence-corrected chi connectivity index (χ4v) is 3.95. The largest absolute Gasteiger partial charge is 0.368 e. The van der Waals surface area contributed by atoms with E-state index in [0.29, 0.717) is 6.54 Å². The Morgan fingerprint density at radius 1 is 0.867 bits per heavy atom. The van der Waals surface area contributed by atoms with E-state index >= 15 is 0 Å². The van der Waals surface area contributed by atoms with Crippen LogP contribution in [0, 0.1) is 0 Å². The highest BCUT2D eigenvalue weighted by atomic mass is 79.9. The number of rotatable bonds is 5. The molecule has 0 bridgehead atoms. The van der Waals surface area contributed by atoms with Crippen LogP contribution in [0.4, 0.5) is 21.9 Å². The lowest BCUT2D eigenvalue weighted by molar-refractivity contribution is 0.253. The van der Waals surface area contributed by atoms with Crippen molar-refractivity contribution in [2.45, 2.75) is 6.54 Å². The Balaban J connectivity index is 1.39. The topological polar surface area (TPSA) is 65.7 Å². The van der Waals surface area contributed by atoms with Gasteiger partial charge in [-0.3, -0.25) is 9.88 Å². The maximum Gasteiger partial charge on any atom is 0.319 e. The minimum atomic E-state index is -0.464. The van der Waals surface area contributed by atoms with Gasteiger partial charge in [0.25, 0.3) is 0 Å². The number of pyridine rings is 1. The van der Waals surface area contributed by atoms with Crippen molar-refractivity contribution < 1.29 is 4.79 Å². The molecule has 0 unspecified atom stereocenters. The van der Waals surface area contributed by atoms with Crippen LogP contribution < -0.4 is 20.4 Å². The number of nitrogens with zero attached hydrogens (tertiary/aromatic N) is 4. The van der Waals surface area contributed by atoms with E-state index in [9.17, 15) is 4.79 Å². The zero-order valence-electron chi connectivity index (χ0n) is 16.6. The van der Waals surface area contributed by atoms with Crippen LogP contribution in [0.5, 0.6) is 0 Å². The summed E-state index contributed by atoms with van der Waals surface area (Å²) < 4.78 is 0.962. The number of aromatic nitrogens is 1. The quantitative estimate of drug-likeness (QED) is 0.611. The monoisotopic (exact) mass is 465 g/mol. The standard InChI is InChI=1S/C23H24BrN5O/c24-19-3-7-22(8-4-19)29(23(25)30)17-18-1-5-20(6-2-18)27-13-15-28(16-14-27)21-9-11-26-12-10-21/h1-12H,13-17H2,(H2,25,30). The summed E-state index contributed by atoms with van der Waals surface area (Å²) in [6, 6.07) is 19.6. The van der Waals surface area contributed by atoms with Crippen LogP contribution in [0.3, 0.4) is 0 Å². The summed E-state index contributed by atoms with van der Waals surface area (Å²) >= 11 is 3.42. The molecule has 0 spiro atoms. The number of hydrogen-bond donors (Lipinski definition) is 1. The van der Waals surface area contributed by atoms with Gasteiger partial charge in [-0.1, -0.05) is 28.1 Å². The molecule has 2 amide bonds. The van der Waals surface area contributed by atoms with Crippen molar-refractivity contribution in [1.29, 1.82) is 0 Å². The summed E-state index contributed by atoms with van der Waals surface area (Å²) in [5.74, 6) is 0. The molecular formula is C23H24BrN5O. The summed E-state index contributed by atoms with van der Waals surface area (Å²) in [6.07, 6.45) is 3.67. The van der Waals surface area contributed by atoms with Crippen molar-refractivity contribution in [3.05, 3.63) is 83.1 Å². The van der Waals surface area contributed by atoms with E-state index in [-0.39, 0.29) is 0 Å². The van der Waals surface area contributed by atoms with Crippen molar-refractivity contribution in [2.24, 2.45) is 5.73 Å². The minimum Gasteiger partial charge on any atom is -0.368 e. The molecule has 30 heavy (non-hydrogen) atoms. The van der Waals surface area contributed by atoms with Gasteiger partial charge in [0.15, 0.2) is 0 Å². The number of amides is 2. The number of primary amides is 1. The number of hydrogen-bond acceptors (Lipinski definition) is 4. The molecule has 1 saturated heterocycles. The van der Waals surface area contributed by atoms with Crippen LogP contribution in [-0.4, -0.2) is 37.2 Å². The van der Waals surface area contributed by atoms with Crippen LogP contribution in [0.2, 0.25) is 0 Å². The lowest BCUT2D eigenvalue weighted by atomic mass is 10.1. The zero-order valence-corrected chi connectivity index (χ0v) is 18.2. The van der Waals surface area contributed by atoms with E-state index < -0.39 is 6.03 Å². The molecule has 2 heterocycles. The predicted octanol–water partition coefficient (Wildman–Crippen LogP) is 4.26. The van der Waals surface area contributed by atoms with E-state index in [1.54, 1.807) is 4.90 Å². The number of piperazine rings is 1. The molecule has 7 heteroatoms. The SMILES string of the molecule is NC(=O)N(Cc1ccc(N2CCN(c3ccncc3)CC2)cc1)c1ccc(Br)cc1. The zero-order chi connectivity index (χ0) is 20.9. The highest BCUT2D eigenvalue weighted by Crippen LogP contribution is 2.23. The van der Waals surface area contributed by atoms with Gasteiger partial charge in [0, 0.05) is 60.1 Å². The molecule has 4 rings (SSSR count). The molecule has 1 aliphatic rings. The van der Waals surface area contributed by atoms with Crippen LogP contribution in [-0.2, 0) is 6.54 Å². The van der Waals surface area contributed by atoms with Gasteiger partial charge in [-0.05, 0) is 54.1 Å². The molecule has 6 nitrogen and oxygen atoms in total. The number of nitrogens with two attached hydrogens (primary N) is 1. The van der Waals surface area contributed by atoms with Gasteiger partial charge in [-0.25, -0.2) is 4.79 Å². The second-order valence-corrected chi connectivity index (χ2v) is 8.16. The van der Waals surface area contributed by atoms with Gasteiger partial charge in [-0.15, -0.1) is 0 Å². The Morgan fingerprint density at radius 2 is 1.40 bits per heavy atom. The Morgan fingerprint density at radius 3 is 1.93 bits per heavy atom. The van der Waals surface area contributed by atoms with Gasteiger partial charge < -0.3 is 15.5 Å². The number of benzene rings is 2. The summed E-state index contributed by atoms with van der Waals surface area (Å²) in [7, 11) is 0. The second kappa shape index (κ2) is 9.17. The Bertz CT molecular complexity index is 971. The highest BCUT2D eigenvalue weighted by molar-refractivity contribution is 9.10. The molecule has 1 aliphatic heterocycles. The molecule has 2 N–H and O–H groups in total. The first kappa shape index (κ1) is 20.2. The molecule has 1 aromatic heterocycles. The minimum absolute atomic E-state index is 0.438. The fourth-order valence-electron chi connectivity index (χ4n) is 3.69. The number of carbonyl (C=O) groups is 1. The van der Waals surface area contributed by atoms with Crippen LogP contribution in [0.1, 0.15) is 5.56 Å². The van der Waals surface area contributed by atoms with Crippen molar-refractivity contribution in [1.82, 2.24) is 4.98 Å². The summed E-state index contributed by atoms with van der Waals surface area (Å²) in [5.41, 5.74) is 9.86. The first-order chi connectivity index (χ1) is 14.6. The average molecular weight is 466 g/mol. The van der Waals surface area contributed by atoms with Crippen molar-refractivity contribution >= 4 is 39.0 Å². The summed E-state index contributed by atoms with van der Waals surface area (Å²) in [4.78, 5) is 22.4. The summed E-state index contributed by atoms with van der Waals surface area (Å²) in [5, 5.41) is 0. The number of halogens is 1. The van der Waals surface area contributed by atoms with Gasteiger partial charge in [0.1, 0.15) is 0 Å². The Labute approximate surface area is 185 Å². The average Bonchev–Trinajstić information content (AvgIpc) is 2.79. The van der Waals surface area contributed by atoms with E-state index in [0.717, 1.165) is 41.9 Å². The van der Waals surface area contributed by atoms with Gasteiger partial charge in [-0.2, -0.15) is 0 Å². The first-order valence-corrected chi connectivity index (χ1v) is 10.7. The molecule has 0 aliphatic carbocycles. The fraction of sp³-hybridized carbons (Fsp3) is 0.217. The van der Waals surface area contributed by atoms with E-state index in [1.165, 1.54) is 11.4 Å². The Hall–Kier alpha value is -3.06. The van der Waals surface area contributed by atoms with Gasteiger partial charge in [0.2, 0.25) is 0 Å². The lowest BCUT2D eigenvalue weighted by Gasteiger charge is -2.37. The molecule has 1 fully saturated rings. The van der Waals surface area contributed by atoms with E-state index in [4.69, 9.17) is 5.73 Å². The normalized spacial score (nSPS) is 13.9. The maximum absolute atomic E-state index is 12.0. The van der Waals surface area contributed by atoms with Gasteiger partial charge >= 0.3 is 6.03 Å². The summed E-state index contributed by atoms with van der Waals surface area (Å²) in [6.45, 7) is 4.32. The molecule has 0 radical (unpaired) electrons. The second-order valence-electron chi connectivity index (χ2n) is 7.25. The molecule has 2 aromatic carbocycles. The van der Waals surface area contributed by atoms with Crippen molar-refractivity contribution in [3.63, 3.8) is 0 Å². The highest BCUT2D eigenvalue weighted by Gasteiger charge is 2.18. The van der Waals surface area contributed by atoms with E-state index in [2.05, 4.69) is 67.1 Å². The third-order valence-corrected chi connectivity index (χ3v) is 5.88. The third kappa shape index (κ3) is 4.74.